The van der Waals surface area contributed by atoms with E-state index in [0.29, 0.717) is 11.8 Å². The third-order valence-corrected chi connectivity index (χ3v) is 3.52. The van der Waals surface area contributed by atoms with Crippen LogP contribution >= 0.6 is 0 Å². The van der Waals surface area contributed by atoms with E-state index in [1.165, 1.54) is 25.7 Å². The van der Waals surface area contributed by atoms with Crippen LogP contribution in [0, 0.1) is 5.41 Å². The third-order valence-electron chi connectivity index (χ3n) is 3.52. The van der Waals surface area contributed by atoms with Gasteiger partial charge in [-0.15, -0.1) is 0 Å². The molecule has 1 saturated heterocycles. The predicted molar refractivity (Wildman–Crippen MR) is 71.4 cm³/mol. The van der Waals surface area contributed by atoms with Gasteiger partial charge in [-0.25, -0.2) is 0 Å². The molecule has 0 aliphatic carbocycles. The number of hydrogen-bond acceptors (Lipinski definition) is 5. The highest BCUT2D eigenvalue weighted by molar-refractivity contribution is 5.28. The summed E-state index contributed by atoms with van der Waals surface area (Å²) in [6.45, 7) is 8.27. The molecule has 0 bridgehead atoms. The summed E-state index contributed by atoms with van der Waals surface area (Å²) in [5, 5.41) is 4.08. The molecule has 1 aliphatic heterocycles. The fraction of sp³-hybridized carbons (Fsp3) is 0.846. The lowest BCUT2D eigenvalue weighted by atomic mass is 9.87. The molecule has 1 unspecified atom stereocenters. The van der Waals surface area contributed by atoms with Crippen molar-refractivity contribution in [3.8, 4) is 0 Å². The Morgan fingerprint density at radius 2 is 1.78 bits per heavy atom. The molecule has 5 nitrogen and oxygen atoms in total. The Balaban J connectivity index is 2.09. The monoisotopic (exact) mass is 252 g/mol. The maximum absolute atomic E-state index is 6.13. The van der Waals surface area contributed by atoms with Gasteiger partial charge in [0.15, 0.2) is 0 Å². The summed E-state index contributed by atoms with van der Waals surface area (Å²) in [5.41, 5.74) is 6.06. The van der Waals surface area contributed by atoms with Crippen molar-refractivity contribution in [1.29, 1.82) is 0 Å². The Bertz CT molecular complexity index is 375. The average molecular weight is 252 g/mol. The van der Waals surface area contributed by atoms with Crippen LogP contribution < -0.4 is 10.6 Å². The Kier molecular flexibility index (Phi) is 3.90. The molecule has 102 valence electrons. The average Bonchev–Trinajstić information content (AvgIpc) is 2.62. The smallest absolute Gasteiger partial charge is 0.266 e. The molecule has 0 amide bonds. The molecule has 1 fully saturated rings. The van der Waals surface area contributed by atoms with Gasteiger partial charge >= 0.3 is 0 Å². The molecule has 1 aromatic heterocycles. The highest BCUT2D eigenvalue weighted by atomic mass is 16.5. The predicted octanol–water partition coefficient (Wildman–Crippen LogP) is 2.50. The van der Waals surface area contributed by atoms with Crippen LogP contribution in [0.4, 0.5) is 5.95 Å². The number of nitrogens with two attached hydrogens (primary N) is 1. The zero-order valence-electron chi connectivity index (χ0n) is 11.6. The number of aromatic nitrogens is 2. The van der Waals surface area contributed by atoms with Crippen LogP contribution in [0.1, 0.15) is 58.4 Å². The van der Waals surface area contributed by atoms with Crippen LogP contribution in [0.25, 0.3) is 0 Å². The lowest BCUT2D eigenvalue weighted by Gasteiger charge is -2.23. The summed E-state index contributed by atoms with van der Waals surface area (Å²) in [6, 6.07) is -0.217. The van der Waals surface area contributed by atoms with Gasteiger partial charge in [-0.1, -0.05) is 33.6 Å². The first-order valence-electron chi connectivity index (χ1n) is 6.82. The molecule has 1 atom stereocenters. The zero-order chi connectivity index (χ0) is 13.2. The summed E-state index contributed by atoms with van der Waals surface area (Å²) in [5.74, 6) is 1.24. The summed E-state index contributed by atoms with van der Waals surface area (Å²) in [7, 11) is 0. The Morgan fingerprint density at radius 1 is 1.17 bits per heavy atom. The third kappa shape index (κ3) is 3.02. The van der Waals surface area contributed by atoms with E-state index in [-0.39, 0.29) is 11.5 Å². The summed E-state index contributed by atoms with van der Waals surface area (Å²) >= 11 is 0. The van der Waals surface area contributed by atoms with E-state index in [1.807, 2.05) is 0 Å². The summed E-state index contributed by atoms with van der Waals surface area (Å²) in [6.07, 6.45) is 5.00. The largest absolute Gasteiger partial charge is 0.338 e. The molecule has 1 aromatic rings. The van der Waals surface area contributed by atoms with E-state index in [9.17, 15) is 0 Å². The van der Waals surface area contributed by atoms with Crippen molar-refractivity contribution in [2.75, 3.05) is 18.0 Å². The number of hydrogen-bond donors (Lipinski definition) is 1. The van der Waals surface area contributed by atoms with E-state index in [2.05, 4.69) is 35.8 Å². The van der Waals surface area contributed by atoms with Gasteiger partial charge in [-0.2, -0.15) is 4.98 Å². The van der Waals surface area contributed by atoms with Crippen LogP contribution in [0.15, 0.2) is 4.52 Å². The fourth-order valence-corrected chi connectivity index (χ4v) is 2.12. The van der Waals surface area contributed by atoms with Gasteiger partial charge < -0.3 is 15.2 Å². The number of nitrogens with zero attached hydrogens (tertiary/aromatic N) is 3. The highest BCUT2D eigenvalue weighted by Gasteiger charge is 2.28. The Hall–Kier alpha value is -1.10. The maximum Gasteiger partial charge on any atom is 0.266 e. The molecule has 5 heteroatoms. The molecule has 18 heavy (non-hydrogen) atoms. The van der Waals surface area contributed by atoms with Gasteiger partial charge in [0.2, 0.25) is 5.89 Å². The lowest BCUT2D eigenvalue weighted by Crippen LogP contribution is -2.27. The van der Waals surface area contributed by atoms with Crippen molar-refractivity contribution in [1.82, 2.24) is 10.1 Å². The van der Waals surface area contributed by atoms with E-state index in [1.54, 1.807) is 0 Å². The van der Waals surface area contributed by atoms with Crippen LogP contribution in [0.3, 0.4) is 0 Å². The molecular formula is C13H24N4O. The van der Waals surface area contributed by atoms with Crippen molar-refractivity contribution < 1.29 is 4.52 Å². The van der Waals surface area contributed by atoms with Gasteiger partial charge in [-0.05, 0) is 23.4 Å². The van der Waals surface area contributed by atoms with Gasteiger partial charge in [0.1, 0.15) is 0 Å². The quantitative estimate of drug-likeness (QED) is 0.875. The van der Waals surface area contributed by atoms with E-state index in [4.69, 9.17) is 10.3 Å². The Labute approximate surface area is 109 Å². The number of rotatable bonds is 2. The van der Waals surface area contributed by atoms with Gasteiger partial charge in [0.25, 0.3) is 5.95 Å². The molecule has 0 saturated carbocycles. The maximum atomic E-state index is 6.13. The molecule has 0 spiro atoms. The molecule has 0 radical (unpaired) electrons. The normalized spacial score (nSPS) is 19.7. The molecule has 2 N–H and O–H groups in total. The second-order valence-electron chi connectivity index (χ2n) is 6.18. The topological polar surface area (TPSA) is 68.2 Å². The van der Waals surface area contributed by atoms with Crippen molar-refractivity contribution in [2.24, 2.45) is 11.1 Å². The van der Waals surface area contributed by atoms with Crippen LogP contribution in [-0.2, 0) is 0 Å². The minimum atomic E-state index is -0.217. The standard InChI is InChI=1S/C13H24N4O/c1-13(2,3)10(14)11-15-12(16-18-11)17-8-6-4-5-7-9-17/h10H,4-9,14H2,1-3H3. The first kappa shape index (κ1) is 13.3. The molecule has 1 aliphatic rings. The zero-order valence-corrected chi connectivity index (χ0v) is 11.6. The van der Waals surface area contributed by atoms with Crippen LogP contribution in [-0.4, -0.2) is 23.2 Å². The first-order valence-corrected chi connectivity index (χ1v) is 6.82. The minimum Gasteiger partial charge on any atom is -0.338 e. The lowest BCUT2D eigenvalue weighted by molar-refractivity contribution is 0.253. The van der Waals surface area contributed by atoms with Crippen molar-refractivity contribution in [2.45, 2.75) is 52.5 Å². The van der Waals surface area contributed by atoms with Crippen LogP contribution in [0.5, 0.6) is 0 Å². The molecular weight excluding hydrogens is 228 g/mol. The van der Waals surface area contributed by atoms with E-state index < -0.39 is 0 Å². The van der Waals surface area contributed by atoms with Crippen LogP contribution in [0.2, 0.25) is 0 Å². The minimum absolute atomic E-state index is 0.0669. The van der Waals surface area contributed by atoms with Crippen molar-refractivity contribution in [3.63, 3.8) is 0 Å². The fourth-order valence-electron chi connectivity index (χ4n) is 2.12. The van der Waals surface area contributed by atoms with Crippen molar-refractivity contribution in [3.05, 3.63) is 5.89 Å². The molecule has 2 heterocycles. The van der Waals surface area contributed by atoms with Gasteiger partial charge in [0, 0.05) is 13.1 Å². The molecule has 0 aromatic carbocycles. The van der Waals surface area contributed by atoms with Gasteiger partial charge in [-0.3, -0.25) is 0 Å². The Morgan fingerprint density at radius 3 is 2.33 bits per heavy atom. The second-order valence-corrected chi connectivity index (χ2v) is 6.18. The van der Waals surface area contributed by atoms with Crippen molar-refractivity contribution >= 4 is 5.95 Å². The summed E-state index contributed by atoms with van der Waals surface area (Å²) < 4.78 is 5.32. The SMILES string of the molecule is CC(C)(C)C(N)c1nc(N2CCCCCC2)no1. The first-order chi connectivity index (χ1) is 8.48. The number of anilines is 1. The highest BCUT2D eigenvalue weighted by Crippen LogP contribution is 2.30. The van der Waals surface area contributed by atoms with E-state index >= 15 is 0 Å². The van der Waals surface area contributed by atoms with Gasteiger partial charge in [0.05, 0.1) is 6.04 Å². The summed E-state index contributed by atoms with van der Waals surface area (Å²) in [4.78, 5) is 6.67. The van der Waals surface area contributed by atoms with E-state index in [0.717, 1.165) is 13.1 Å². The molecule has 2 rings (SSSR count). The second kappa shape index (κ2) is 5.26.